The summed E-state index contributed by atoms with van der Waals surface area (Å²) < 4.78 is 2.38. The van der Waals surface area contributed by atoms with Gasteiger partial charge in [-0.15, -0.1) is 0 Å². The van der Waals surface area contributed by atoms with Gasteiger partial charge in [-0.1, -0.05) is 237 Å². The van der Waals surface area contributed by atoms with Gasteiger partial charge >= 0.3 is 0 Å². The molecule has 13 aromatic carbocycles. The summed E-state index contributed by atoms with van der Waals surface area (Å²) in [5, 5.41) is 5.03. The number of aromatic nitrogens is 1. The van der Waals surface area contributed by atoms with Crippen LogP contribution in [0.1, 0.15) is 22.3 Å². The van der Waals surface area contributed by atoms with Gasteiger partial charge in [-0.25, -0.2) is 0 Å². The molecule has 79 heavy (non-hydrogen) atoms. The summed E-state index contributed by atoms with van der Waals surface area (Å²) in [5.41, 5.74) is 26.7. The SMILES string of the molecule is c1cc(-c2ccc(N(c3ccc(-c4ccc(-n5c6ccccc6c6ccccc65)cc4)cc3)c3ccc(-c4cccc5ccccc45)cc3)cc2)cc(-c2cccc3c2C2(c4ccccc4-c4ccccc42)c2ccccc2-3)c1. The molecule has 2 heteroatoms. The van der Waals surface area contributed by atoms with E-state index in [1.54, 1.807) is 0 Å². The summed E-state index contributed by atoms with van der Waals surface area (Å²) in [4.78, 5) is 2.38. The van der Waals surface area contributed by atoms with E-state index in [0.29, 0.717) is 0 Å². The molecule has 2 aliphatic rings. The lowest BCUT2D eigenvalue weighted by atomic mass is 9.68. The minimum absolute atomic E-state index is 0.429. The summed E-state index contributed by atoms with van der Waals surface area (Å²) in [6.07, 6.45) is 0. The predicted molar refractivity (Wildman–Crippen MR) is 331 cm³/mol. The average molecular weight is 1000 g/mol. The minimum Gasteiger partial charge on any atom is -0.311 e. The van der Waals surface area contributed by atoms with Gasteiger partial charge in [0.25, 0.3) is 0 Å². The van der Waals surface area contributed by atoms with E-state index in [1.807, 2.05) is 0 Å². The van der Waals surface area contributed by atoms with E-state index in [2.05, 4.69) is 313 Å². The van der Waals surface area contributed by atoms with Gasteiger partial charge < -0.3 is 9.47 Å². The Labute approximate surface area is 460 Å². The molecule has 0 N–H and O–H groups in total. The van der Waals surface area contributed by atoms with Crippen LogP contribution in [0, 0.1) is 0 Å². The second-order valence-corrected chi connectivity index (χ2v) is 21.1. The number of fused-ring (bicyclic) bond motifs is 14. The summed E-state index contributed by atoms with van der Waals surface area (Å²) in [6.45, 7) is 0. The van der Waals surface area contributed by atoms with E-state index in [-0.39, 0.29) is 0 Å². The standard InChI is InChI=1S/C77H50N2/c1-2-20-62-54(16-1)17-14-26-63(62)55-40-48-60(49-41-55)78(58-42-34-51(35-43-58)52-36-46-61(47-37-52)79-74-32-11-6-24-68(74)69-25-7-12-33-75(69)79)59-44-38-53(39-45-59)56-18-13-19-57(50-56)64-27-15-28-70-67-23-5-10-31-73(67)77(76(64)70)71-29-8-3-21-65(71)66-22-4-9-30-72(66)77/h1-50H. The molecule has 2 aliphatic carbocycles. The second-order valence-electron chi connectivity index (χ2n) is 21.1. The molecule has 0 amide bonds. The molecule has 1 spiro atoms. The number of para-hydroxylation sites is 2. The molecule has 16 rings (SSSR count). The first kappa shape index (κ1) is 45.0. The Morgan fingerprint density at radius 1 is 0.253 bits per heavy atom. The Morgan fingerprint density at radius 2 is 0.646 bits per heavy atom. The molecule has 0 saturated heterocycles. The molecule has 0 unspecified atom stereocenters. The third-order valence-corrected chi connectivity index (χ3v) is 17.0. The summed E-state index contributed by atoms with van der Waals surface area (Å²) in [7, 11) is 0. The van der Waals surface area contributed by atoms with Crippen molar-refractivity contribution in [3.05, 3.63) is 326 Å². The topological polar surface area (TPSA) is 8.17 Å². The first-order chi connectivity index (χ1) is 39.2. The minimum atomic E-state index is -0.429. The third-order valence-electron chi connectivity index (χ3n) is 17.0. The second kappa shape index (κ2) is 17.9. The van der Waals surface area contributed by atoms with Gasteiger partial charge in [0.05, 0.1) is 16.4 Å². The number of nitrogens with zero attached hydrogens (tertiary/aromatic N) is 2. The molecule has 1 heterocycles. The Kier molecular flexibility index (Phi) is 10.2. The fraction of sp³-hybridized carbons (Fsp3) is 0.0130. The van der Waals surface area contributed by atoms with Crippen LogP contribution in [0.4, 0.5) is 17.1 Å². The zero-order valence-electron chi connectivity index (χ0n) is 43.3. The Balaban J connectivity index is 0.765. The Bertz CT molecular complexity index is 4570. The van der Waals surface area contributed by atoms with Gasteiger partial charge in [0.2, 0.25) is 0 Å². The monoisotopic (exact) mass is 1000 g/mol. The molecule has 2 nitrogen and oxygen atoms in total. The van der Waals surface area contributed by atoms with Crippen molar-refractivity contribution in [1.29, 1.82) is 0 Å². The van der Waals surface area contributed by atoms with E-state index in [0.717, 1.165) is 22.7 Å². The molecule has 0 saturated carbocycles. The Hall–Kier alpha value is -10.3. The molecular weight excluding hydrogens is 953 g/mol. The number of benzene rings is 13. The zero-order chi connectivity index (χ0) is 52.0. The van der Waals surface area contributed by atoms with E-state index < -0.39 is 5.41 Å². The van der Waals surface area contributed by atoms with E-state index in [9.17, 15) is 0 Å². The van der Waals surface area contributed by atoms with Crippen molar-refractivity contribution in [3.63, 3.8) is 0 Å². The molecule has 14 aromatic rings. The van der Waals surface area contributed by atoms with Crippen LogP contribution in [-0.2, 0) is 5.41 Å². The van der Waals surface area contributed by atoms with Crippen molar-refractivity contribution in [2.45, 2.75) is 5.41 Å². The maximum atomic E-state index is 2.39. The molecule has 0 radical (unpaired) electrons. The third kappa shape index (κ3) is 6.91. The number of anilines is 3. The summed E-state index contributed by atoms with van der Waals surface area (Å²) in [5.74, 6) is 0. The van der Waals surface area contributed by atoms with E-state index in [1.165, 1.54) is 122 Å². The fourth-order valence-corrected chi connectivity index (χ4v) is 13.6. The summed E-state index contributed by atoms with van der Waals surface area (Å²) in [6, 6.07) is 112. The highest BCUT2D eigenvalue weighted by Gasteiger charge is 2.52. The van der Waals surface area contributed by atoms with Gasteiger partial charge in [-0.05, 0) is 167 Å². The number of hydrogen-bond acceptors (Lipinski definition) is 1. The highest BCUT2D eigenvalue weighted by Crippen LogP contribution is 2.64. The van der Waals surface area contributed by atoms with Crippen LogP contribution in [-0.4, -0.2) is 4.57 Å². The fourth-order valence-electron chi connectivity index (χ4n) is 13.6. The maximum Gasteiger partial charge on any atom is 0.0731 e. The predicted octanol–water partition coefficient (Wildman–Crippen LogP) is 20.4. The van der Waals surface area contributed by atoms with Gasteiger partial charge in [-0.2, -0.15) is 0 Å². The van der Waals surface area contributed by atoms with Crippen molar-refractivity contribution < 1.29 is 0 Å². The van der Waals surface area contributed by atoms with Gasteiger partial charge in [0.1, 0.15) is 0 Å². The molecule has 0 aliphatic heterocycles. The largest absolute Gasteiger partial charge is 0.311 e. The van der Waals surface area contributed by atoms with Gasteiger partial charge in [0.15, 0.2) is 0 Å². The van der Waals surface area contributed by atoms with Crippen molar-refractivity contribution >= 4 is 49.6 Å². The lowest BCUT2D eigenvalue weighted by Gasteiger charge is -2.32. The number of rotatable bonds is 8. The van der Waals surface area contributed by atoms with Crippen LogP contribution in [0.2, 0.25) is 0 Å². The van der Waals surface area contributed by atoms with Crippen molar-refractivity contribution in [3.8, 4) is 72.4 Å². The molecule has 0 fully saturated rings. The Morgan fingerprint density at radius 3 is 1.24 bits per heavy atom. The van der Waals surface area contributed by atoms with E-state index in [4.69, 9.17) is 0 Å². The smallest absolute Gasteiger partial charge is 0.0731 e. The van der Waals surface area contributed by atoms with Crippen LogP contribution in [0.25, 0.3) is 105 Å². The molecule has 368 valence electrons. The van der Waals surface area contributed by atoms with Crippen molar-refractivity contribution in [1.82, 2.24) is 4.57 Å². The highest BCUT2D eigenvalue weighted by atomic mass is 15.1. The van der Waals surface area contributed by atoms with Gasteiger partial charge in [-0.3, -0.25) is 0 Å². The van der Waals surface area contributed by atoms with Gasteiger partial charge in [0, 0.05) is 33.5 Å². The van der Waals surface area contributed by atoms with E-state index >= 15 is 0 Å². The van der Waals surface area contributed by atoms with Crippen LogP contribution in [0.15, 0.2) is 303 Å². The number of hydrogen-bond donors (Lipinski definition) is 0. The van der Waals surface area contributed by atoms with Crippen LogP contribution < -0.4 is 4.90 Å². The molecule has 0 atom stereocenters. The quantitative estimate of drug-likeness (QED) is 0.147. The van der Waals surface area contributed by atoms with Crippen LogP contribution >= 0.6 is 0 Å². The first-order valence-electron chi connectivity index (χ1n) is 27.4. The normalized spacial score (nSPS) is 12.7. The van der Waals surface area contributed by atoms with Crippen LogP contribution in [0.3, 0.4) is 0 Å². The maximum absolute atomic E-state index is 2.39. The molecule has 1 aromatic heterocycles. The van der Waals surface area contributed by atoms with Crippen molar-refractivity contribution in [2.75, 3.05) is 4.90 Å². The highest BCUT2D eigenvalue weighted by molar-refractivity contribution is 6.09. The molecular formula is C77H50N2. The summed E-state index contributed by atoms with van der Waals surface area (Å²) >= 11 is 0. The first-order valence-corrected chi connectivity index (χ1v) is 27.4. The molecule has 0 bridgehead atoms. The average Bonchev–Trinajstić information content (AvgIpc) is 2.59. The zero-order valence-corrected chi connectivity index (χ0v) is 43.3. The lowest BCUT2D eigenvalue weighted by molar-refractivity contribution is 0.796. The lowest BCUT2D eigenvalue weighted by Crippen LogP contribution is -2.26. The van der Waals surface area contributed by atoms with Crippen molar-refractivity contribution in [2.24, 2.45) is 0 Å². The van der Waals surface area contributed by atoms with Crippen LogP contribution in [0.5, 0.6) is 0 Å².